The van der Waals surface area contributed by atoms with Gasteiger partial charge in [0.1, 0.15) is 5.84 Å². The SMILES string of the molecule is C=C(CC/C=C\C)C(=N)NC(c1ccccc1)C(C)(C)CC1(/C=C\C)C[C@@H]1CC. The average molecular weight is 393 g/mol. The van der Waals surface area contributed by atoms with Gasteiger partial charge in [-0.3, -0.25) is 5.41 Å². The van der Waals surface area contributed by atoms with Crippen LogP contribution in [-0.4, -0.2) is 5.84 Å². The lowest BCUT2D eigenvalue weighted by Crippen LogP contribution is -2.39. The van der Waals surface area contributed by atoms with Crippen LogP contribution in [0.4, 0.5) is 0 Å². The van der Waals surface area contributed by atoms with Gasteiger partial charge in [0.15, 0.2) is 0 Å². The number of hydrogen-bond donors (Lipinski definition) is 2. The standard InChI is InChI=1S/C27H40N2/c1-7-10-12-15-21(4)25(28)29-24(22-16-13-11-14-17-22)26(5,6)20-27(18-8-2)19-23(27)9-3/h7-8,10-11,13-14,16-18,23-24H,4,9,12,15,19-20H2,1-3,5-6H3,(H2,28,29)/b10-7-,18-8-/t23-,24?,27?/m0/s1. The van der Waals surface area contributed by atoms with Crippen molar-refractivity contribution in [2.24, 2.45) is 16.7 Å². The maximum Gasteiger partial charge on any atom is 0.121 e. The second kappa shape index (κ2) is 10.1. The molecule has 1 aliphatic carbocycles. The van der Waals surface area contributed by atoms with E-state index in [-0.39, 0.29) is 11.5 Å². The van der Waals surface area contributed by atoms with Gasteiger partial charge in [0, 0.05) is 0 Å². The van der Waals surface area contributed by atoms with E-state index in [1.165, 1.54) is 18.4 Å². The zero-order chi connectivity index (χ0) is 21.5. The van der Waals surface area contributed by atoms with Crippen LogP contribution in [0.15, 0.2) is 66.8 Å². The molecule has 2 unspecified atom stereocenters. The summed E-state index contributed by atoms with van der Waals surface area (Å²) in [5.74, 6) is 1.25. The van der Waals surface area contributed by atoms with Crippen LogP contribution in [0.1, 0.15) is 78.3 Å². The van der Waals surface area contributed by atoms with E-state index < -0.39 is 0 Å². The molecule has 1 aromatic rings. The Morgan fingerprint density at radius 1 is 1.28 bits per heavy atom. The quantitative estimate of drug-likeness (QED) is 0.227. The molecule has 0 bridgehead atoms. The van der Waals surface area contributed by atoms with Crippen LogP contribution in [0.2, 0.25) is 0 Å². The fraction of sp³-hybridized carbons (Fsp3) is 0.519. The second-order valence-corrected chi connectivity index (χ2v) is 9.28. The Labute approximate surface area is 178 Å². The minimum Gasteiger partial charge on any atom is -0.363 e. The number of benzene rings is 1. The van der Waals surface area contributed by atoms with Crippen molar-refractivity contribution >= 4 is 5.84 Å². The molecule has 2 nitrogen and oxygen atoms in total. The molecule has 1 saturated carbocycles. The number of allylic oxidation sites excluding steroid dienone is 4. The van der Waals surface area contributed by atoms with Crippen molar-refractivity contribution in [2.45, 2.75) is 72.8 Å². The summed E-state index contributed by atoms with van der Waals surface area (Å²) in [6, 6.07) is 10.7. The van der Waals surface area contributed by atoms with E-state index in [4.69, 9.17) is 5.41 Å². The van der Waals surface area contributed by atoms with E-state index in [1.54, 1.807) is 0 Å². The third-order valence-corrected chi connectivity index (χ3v) is 6.46. The molecule has 0 spiro atoms. The minimum atomic E-state index is 0.000679. The third kappa shape index (κ3) is 5.95. The Hall–Kier alpha value is -2.09. The van der Waals surface area contributed by atoms with Gasteiger partial charge in [-0.15, -0.1) is 0 Å². The van der Waals surface area contributed by atoms with E-state index >= 15 is 0 Å². The highest BCUT2D eigenvalue weighted by atomic mass is 15.0. The number of amidine groups is 1. The Morgan fingerprint density at radius 3 is 2.52 bits per heavy atom. The van der Waals surface area contributed by atoms with Crippen molar-refractivity contribution in [1.29, 1.82) is 5.41 Å². The summed E-state index contributed by atoms with van der Waals surface area (Å²) in [4.78, 5) is 0. The molecule has 0 saturated heterocycles. The zero-order valence-corrected chi connectivity index (χ0v) is 19.1. The largest absolute Gasteiger partial charge is 0.363 e. The lowest BCUT2D eigenvalue weighted by Gasteiger charge is -2.39. The van der Waals surface area contributed by atoms with E-state index in [2.05, 4.69) is 94.2 Å². The van der Waals surface area contributed by atoms with Crippen molar-refractivity contribution in [2.75, 3.05) is 0 Å². The van der Waals surface area contributed by atoms with Gasteiger partial charge < -0.3 is 5.32 Å². The van der Waals surface area contributed by atoms with Gasteiger partial charge in [0.05, 0.1) is 6.04 Å². The molecule has 158 valence electrons. The maximum atomic E-state index is 8.64. The Kier molecular flexibility index (Phi) is 8.07. The predicted octanol–water partition coefficient (Wildman–Crippen LogP) is 7.62. The molecule has 0 heterocycles. The van der Waals surface area contributed by atoms with Crippen LogP contribution in [0.25, 0.3) is 0 Å². The smallest absolute Gasteiger partial charge is 0.121 e. The van der Waals surface area contributed by atoms with Crippen molar-refractivity contribution in [3.8, 4) is 0 Å². The number of hydrogen-bond acceptors (Lipinski definition) is 1. The molecule has 3 atom stereocenters. The highest BCUT2D eigenvalue weighted by molar-refractivity contribution is 5.95. The van der Waals surface area contributed by atoms with Crippen LogP contribution < -0.4 is 5.32 Å². The molecule has 0 aromatic heterocycles. The highest BCUT2D eigenvalue weighted by Crippen LogP contribution is 2.62. The molecular formula is C27H40N2. The van der Waals surface area contributed by atoms with Gasteiger partial charge in [0.2, 0.25) is 0 Å². The first-order valence-corrected chi connectivity index (χ1v) is 11.1. The summed E-state index contributed by atoms with van der Waals surface area (Å²) >= 11 is 0. The van der Waals surface area contributed by atoms with E-state index in [9.17, 15) is 0 Å². The normalized spacial score (nSPS) is 22.7. The van der Waals surface area contributed by atoms with Gasteiger partial charge >= 0.3 is 0 Å². The molecule has 1 aliphatic rings. The molecule has 0 amide bonds. The lowest BCUT2D eigenvalue weighted by atomic mass is 9.72. The first-order chi connectivity index (χ1) is 13.8. The van der Waals surface area contributed by atoms with Crippen molar-refractivity contribution in [3.63, 3.8) is 0 Å². The Balaban J connectivity index is 2.24. The predicted molar refractivity (Wildman–Crippen MR) is 127 cm³/mol. The number of nitrogens with one attached hydrogen (secondary N) is 2. The molecule has 2 rings (SSSR count). The summed E-state index contributed by atoms with van der Waals surface area (Å²) in [5, 5.41) is 12.2. The van der Waals surface area contributed by atoms with Gasteiger partial charge in [-0.2, -0.15) is 0 Å². The van der Waals surface area contributed by atoms with E-state index in [1.807, 2.05) is 6.92 Å². The van der Waals surface area contributed by atoms with Gasteiger partial charge in [-0.05, 0) is 67.4 Å². The second-order valence-electron chi connectivity index (χ2n) is 9.28. The van der Waals surface area contributed by atoms with Gasteiger partial charge in [-0.1, -0.05) is 88.4 Å². The first kappa shape index (κ1) is 23.2. The average Bonchev–Trinajstić information content (AvgIpc) is 3.38. The molecule has 1 fully saturated rings. The van der Waals surface area contributed by atoms with Crippen molar-refractivity contribution < 1.29 is 0 Å². The summed E-state index contributed by atoms with van der Waals surface area (Å²) in [7, 11) is 0. The van der Waals surface area contributed by atoms with E-state index in [0.29, 0.717) is 11.3 Å². The third-order valence-electron chi connectivity index (χ3n) is 6.46. The maximum absolute atomic E-state index is 8.64. The monoisotopic (exact) mass is 392 g/mol. The molecule has 2 N–H and O–H groups in total. The van der Waals surface area contributed by atoms with Crippen LogP contribution >= 0.6 is 0 Å². The van der Waals surface area contributed by atoms with E-state index in [0.717, 1.165) is 30.8 Å². The molecule has 1 aromatic carbocycles. The first-order valence-electron chi connectivity index (χ1n) is 11.1. The summed E-state index contributed by atoms with van der Waals surface area (Å²) in [6.45, 7) is 15.3. The Morgan fingerprint density at radius 2 is 1.97 bits per heavy atom. The highest BCUT2D eigenvalue weighted by Gasteiger charge is 2.54. The van der Waals surface area contributed by atoms with Crippen LogP contribution in [0.5, 0.6) is 0 Å². The fourth-order valence-corrected chi connectivity index (χ4v) is 4.88. The summed E-state index contributed by atoms with van der Waals surface area (Å²) in [6.07, 6.45) is 14.2. The van der Waals surface area contributed by atoms with Crippen LogP contribution in [0, 0.1) is 22.2 Å². The molecular weight excluding hydrogens is 352 g/mol. The van der Waals surface area contributed by atoms with Gasteiger partial charge in [-0.25, -0.2) is 0 Å². The van der Waals surface area contributed by atoms with Crippen molar-refractivity contribution in [3.05, 3.63) is 72.4 Å². The molecule has 0 radical (unpaired) electrons. The Bertz CT molecular complexity index is 741. The fourth-order valence-electron chi connectivity index (χ4n) is 4.88. The van der Waals surface area contributed by atoms with Crippen LogP contribution in [0.3, 0.4) is 0 Å². The zero-order valence-electron chi connectivity index (χ0n) is 19.1. The lowest BCUT2D eigenvalue weighted by molar-refractivity contribution is 0.203. The molecule has 0 aliphatic heterocycles. The molecule has 2 heteroatoms. The summed E-state index contributed by atoms with van der Waals surface area (Å²) < 4.78 is 0. The summed E-state index contributed by atoms with van der Waals surface area (Å²) in [5.41, 5.74) is 2.43. The topological polar surface area (TPSA) is 35.9 Å². The molecule has 29 heavy (non-hydrogen) atoms. The minimum absolute atomic E-state index is 0.000679. The number of rotatable bonds is 11. The van der Waals surface area contributed by atoms with Crippen molar-refractivity contribution in [1.82, 2.24) is 5.32 Å². The van der Waals surface area contributed by atoms with Crippen LogP contribution in [-0.2, 0) is 0 Å². The van der Waals surface area contributed by atoms with Gasteiger partial charge in [0.25, 0.3) is 0 Å².